The average Bonchev–Trinajstić information content (AvgIpc) is 2.95. The molecule has 0 amide bonds. The van der Waals surface area contributed by atoms with Crippen LogP contribution in [0.25, 0.3) is 10.8 Å². The lowest BCUT2D eigenvalue weighted by atomic mass is 9.92. The molecule has 2 heteroatoms. The molecule has 0 radical (unpaired) electrons. The molecule has 2 aromatic carbocycles. The predicted octanol–water partition coefficient (Wildman–Crippen LogP) is 4.82. The van der Waals surface area contributed by atoms with Gasteiger partial charge in [0.2, 0.25) is 0 Å². The summed E-state index contributed by atoms with van der Waals surface area (Å²) in [6, 6.07) is 15.0. The van der Waals surface area contributed by atoms with Gasteiger partial charge in [0.25, 0.3) is 0 Å². The molecular weight excluding hydrogens is 262 g/mol. The van der Waals surface area contributed by atoms with Crippen LogP contribution in [-0.4, -0.2) is 0 Å². The molecule has 1 heterocycles. The van der Waals surface area contributed by atoms with Crippen molar-refractivity contribution in [2.75, 3.05) is 0 Å². The molecule has 1 unspecified atom stereocenters. The molecule has 0 bridgehead atoms. The van der Waals surface area contributed by atoms with Gasteiger partial charge in [0.15, 0.2) is 0 Å². The van der Waals surface area contributed by atoms with Gasteiger partial charge in [0, 0.05) is 4.88 Å². The lowest BCUT2D eigenvalue weighted by Crippen LogP contribution is -2.14. The summed E-state index contributed by atoms with van der Waals surface area (Å²) in [7, 11) is 0. The van der Waals surface area contributed by atoms with Gasteiger partial charge in [-0.2, -0.15) is 0 Å². The van der Waals surface area contributed by atoms with Crippen LogP contribution in [0.2, 0.25) is 0 Å². The fourth-order valence-electron chi connectivity index (χ4n) is 2.86. The van der Waals surface area contributed by atoms with Gasteiger partial charge >= 0.3 is 0 Å². The van der Waals surface area contributed by atoms with Crippen molar-refractivity contribution in [1.29, 1.82) is 0 Å². The summed E-state index contributed by atoms with van der Waals surface area (Å²) in [6.07, 6.45) is 1.04. The minimum absolute atomic E-state index is 0.0314. The van der Waals surface area contributed by atoms with Crippen LogP contribution < -0.4 is 5.73 Å². The molecular formula is C18H19NS. The zero-order valence-corrected chi connectivity index (χ0v) is 12.7. The van der Waals surface area contributed by atoms with E-state index in [1.807, 2.05) is 0 Å². The van der Waals surface area contributed by atoms with Crippen molar-refractivity contribution < 1.29 is 0 Å². The number of rotatable bonds is 3. The minimum Gasteiger partial charge on any atom is -0.320 e. The molecule has 0 aliphatic heterocycles. The van der Waals surface area contributed by atoms with Gasteiger partial charge in [-0.25, -0.2) is 0 Å². The number of hydrogen-bond acceptors (Lipinski definition) is 2. The van der Waals surface area contributed by atoms with Crippen LogP contribution in [0.15, 0.2) is 47.8 Å². The molecule has 0 saturated heterocycles. The van der Waals surface area contributed by atoms with Crippen molar-refractivity contribution in [2.45, 2.75) is 26.3 Å². The normalized spacial score (nSPS) is 12.8. The van der Waals surface area contributed by atoms with Crippen LogP contribution in [0.1, 0.15) is 34.5 Å². The maximum atomic E-state index is 6.61. The summed E-state index contributed by atoms with van der Waals surface area (Å²) in [5.41, 5.74) is 10.5. The maximum absolute atomic E-state index is 6.61. The van der Waals surface area contributed by atoms with E-state index in [2.05, 4.69) is 61.7 Å². The highest BCUT2D eigenvalue weighted by atomic mass is 32.1. The van der Waals surface area contributed by atoms with E-state index in [4.69, 9.17) is 5.73 Å². The molecule has 0 aliphatic rings. The van der Waals surface area contributed by atoms with E-state index in [9.17, 15) is 0 Å². The molecule has 3 rings (SSSR count). The topological polar surface area (TPSA) is 26.0 Å². The van der Waals surface area contributed by atoms with Gasteiger partial charge in [0.1, 0.15) is 0 Å². The summed E-state index contributed by atoms with van der Waals surface area (Å²) in [4.78, 5) is 1.30. The highest BCUT2D eigenvalue weighted by Gasteiger charge is 2.18. The maximum Gasteiger partial charge on any atom is 0.0657 e. The highest BCUT2D eigenvalue weighted by Crippen LogP contribution is 2.34. The summed E-state index contributed by atoms with van der Waals surface area (Å²) >= 11 is 1.77. The monoisotopic (exact) mass is 281 g/mol. The van der Waals surface area contributed by atoms with Gasteiger partial charge < -0.3 is 5.73 Å². The van der Waals surface area contributed by atoms with Crippen LogP contribution in [0.5, 0.6) is 0 Å². The average molecular weight is 281 g/mol. The first-order valence-electron chi connectivity index (χ1n) is 7.02. The second-order valence-electron chi connectivity index (χ2n) is 5.16. The van der Waals surface area contributed by atoms with Crippen molar-refractivity contribution in [3.8, 4) is 0 Å². The fourth-order valence-corrected chi connectivity index (χ4v) is 3.87. The summed E-state index contributed by atoms with van der Waals surface area (Å²) in [5, 5.41) is 4.68. The Labute approximate surface area is 124 Å². The minimum atomic E-state index is -0.0314. The zero-order chi connectivity index (χ0) is 14.1. The van der Waals surface area contributed by atoms with Crippen molar-refractivity contribution in [3.63, 3.8) is 0 Å². The van der Waals surface area contributed by atoms with E-state index in [0.717, 1.165) is 6.42 Å². The van der Waals surface area contributed by atoms with Crippen LogP contribution in [0.3, 0.4) is 0 Å². The van der Waals surface area contributed by atoms with Crippen molar-refractivity contribution in [1.82, 2.24) is 0 Å². The Morgan fingerprint density at radius 3 is 2.70 bits per heavy atom. The molecule has 1 aromatic heterocycles. The Hall–Kier alpha value is -1.64. The second kappa shape index (κ2) is 5.39. The number of thiophene rings is 1. The quantitative estimate of drug-likeness (QED) is 0.731. The standard InChI is InChI=1S/C18H19NS/c1-3-13-10-11-20-18(13)17(19)16-12(2)8-9-14-6-4-5-7-15(14)16/h4-11,17H,3,19H2,1-2H3. The molecule has 102 valence electrons. The predicted molar refractivity (Wildman–Crippen MR) is 88.4 cm³/mol. The third-order valence-electron chi connectivity index (χ3n) is 3.94. The molecule has 1 atom stereocenters. The van der Waals surface area contributed by atoms with Gasteiger partial charge in [-0.1, -0.05) is 43.3 Å². The number of hydrogen-bond donors (Lipinski definition) is 1. The molecule has 20 heavy (non-hydrogen) atoms. The van der Waals surface area contributed by atoms with E-state index < -0.39 is 0 Å². The smallest absolute Gasteiger partial charge is 0.0657 e. The number of nitrogens with two attached hydrogens (primary N) is 1. The van der Waals surface area contributed by atoms with E-state index in [-0.39, 0.29) is 6.04 Å². The molecule has 0 spiro atoms. The first-order valence-corrected chi connectivity index (χ1v) is 7.90. The summed E-state index contributed by atoms with van der Waals surface area (Å²) in [6.45, 7) is 4.34. The Balaban J connectivity index is 2.21. The van der Waals surface area contributed by atoms with E-state index >= 15 is 0 Å². The Morgan fingerprint density at radius 1 is 1.10 bits per heavy atom. The second-order valence-corrected chi connectivity index (χ2v) is 6.11. The van der Waals surface area contributed by atoms with Crippen LogP contribution in [0.4, 0.5) is 0 Å². The highest BCUT2D eigenvalue weighted by molar-refractivity contribution is 7.10. The molecule has 3 aromatic rings. The Morgan fingerprint density at radius 2 is 1.90 bits per heavy atom. The van der Waals surface area contributed by atoms with E-state index in [0.29, 0.717) is 0 Å². The SMILES string of the molecule is CCc1ccsc1C(N)c1c(C)ccc2ccccc12. The third kappa shape index (κ3) is 2.15. The van der Waals surface area contributed by atoms with Crippen LogP contribution in [-0.2, 0) is 6.42 Å². The summed E-state index contributed by atoms with van der Waals surface area (Å²) in [5.74, 6) is 0. The van der Waals surface area contributed by atoms with Gasteiger partial charge in [-0.3, -0.25) is 0 Å². The van der Waals surface area contributed by atoms with Crippen molar-refractivity contribution in [3.05, 3.63) is 69.4 Å². The number of aryl methyl sites for hydroxylation is 2. The molecule has 0 saturated carbocycles. The van der Waals surface area contributed by atoms with Crippen molar-refractivity contribution >= 4 is 22.1 Å². The summed E-state index contributed by atoms with van der Waals surface area (Å²) < 4.78 is 0. The third-order valence-corrected chi connectivity index (χ3v) is 4.99. The Kier molecular flexibility index (Phi) is 3.60. The fraction of sp³-hybridized carbons (Fsp3) is 0.222. The zero-order valence-electron chi connectivity index (χ0n) is 11.9. The molecule has 0 aliphatic carbocycles. The van der Waals surface area contributed by atoms with Gasteiger partial charge in [-0.15, -0.1) is 11.3 Å². The van der Waals surface area contributed by atoms with Crippen LogP contribution >= 0.6 is 11.3 Å². The number of fused-ring (bicyclic) bond motifs is 1. The van der Waals surface area contributed by atoms with E-state index in [1.165, 1.54) is 32.3 Å². The van der Waals surface area contributed by atoms with Gasteiger partial charge in [-0.05, 0) is 52.3 Å². The molecule has 0 fully saturated rings. The first kappa shape index (κ1) is 13.3. The van der Waals surface area contributed by atoms with Crippen LogP contribution in [0, 0.1) is 6.92 Å². The van der Waals surface area contributed by atoms with E-state index in [1.54, 1.807) is 11.3 Å². The first-order chi connectivity index (χ1) is 9.72. The largest absolute Gasteiger partial charge is 0.320 e. The Bertz CT molecular complexity index is 742. The lowest BCUT2D eigenvalue weighted by Gasteiger charge is -2.18. The van der Waals surface area contributed by atoms with Gasteiger partial charge in [0.05, 0.1) is 6.04 Å². The molecule has 2 N–H and O–H groups in total. The van der Waals surface area contributed by atoms with Crippen molar-refractivity contribution in [2.24, 2.45) is 5.73 Å². The molecule has 1 nitrogen and oxygen atoms in total. The number of benzene rings is 2. The lowest BCUT2D eigenvalue weighted by molar-refractivity contribution is 0.874.